The normalized spacial score (nSPS) is 11.6. The molecule has 2 aromatic carbocycles. The third kappa shape index (κ3) is 5.96. The van der Waals surface area contributed by atoms with E-state index in [0.717, 1.165) is 17.3 Å². The zero-order valence-corrected chi connectivity index (χ0v) is 16.2. The van der Waals surface area contributed by atoms with Crippen LogP contribution in [0.1, 0.15) is 34.8 Å². The van der Waals surface area contributed by atoms with Gasteiger partial charge in [0.1, 0.15) is 0 Å². The molecule has 0 aliphatic heterocycles. The lowest BCUT2D eigenvalue weighted by molar-refractivity contribution is -0.119. The second-order valence-corrected chi connectivity index (χ2v) is 7.27. The first-order chi connectivity index (χ1) is 12.9. The Kier molecular flexibility index (Phi) is 7.61. The molecule has 0 aromatic heterocycles. The van der Waals surface area contributed by atoms with Crippen molar-refractivity contribution in [3.05, 3.63) is 65.2 Å². The fraction of sp³-hybridized carbons (Fsp3) is 0.286. The number of amides is 1. The van der Waals surface area contributed by atoms with Gasteiger partial charge in [0, 0.05) is 17.9 Å². The average molecular weight is 385 g/mol. The maximum Gasteiger partial charge on any atom is 0.336 e. The minimum Gasteiger partial charge on any atom is -0.478 e. The second-order valence-electron chi connectivity index (χ2n) is 6.20. The first-order valence-electron chi connectivity index (χ1n) is 8.75. The van der Waals surface area contributed by atoms with Crippen LogP contribution in [0.25, 0.3) is 0 Å². The van der Waals surface area contributed by atoms with Crippen LogP contribution >= 0.6 is 11.8 Å². The molecule has 0 fully saturated rings. The highest BCUT2D eigenvalue weighted by Crippen LogP contribution is 2.22. The molecule has 2 aromatic rings. The van der Waals surface area contributed by atoms with Crippen molar-refractivity contribution in [2.75, 3.05) is 11.1 Å². The Morgan fingerprint density at radius 1 is 1.07 bits per heavy atom. The molecule has 0 aliphatic rings. The van der Waals surface area contributed by atoms with Gasteiger partial charge in [0.05, 0.1) is 11.5 Å². The van der Waals surface area contributed by atoms with Crippen LogP contribution in [-0.2, 0) is 16.0 Å². The highest BCUT2D eigenvalue weighted by molar-refractivity contribution is 8.13. The molecule has 0 spiro atoms. The van der Waals surface area contributed by atoms with Gasteiger partial charge in [-0.2, -0.15) is 0 Å². The Morgan fingerprint density at radius 2 is 1.78 bits per heavy atom. The summed E-state index contributed by atoms with van der Waals surface area (Å²) in [6.45, 7) is 3.46. The molecular weight excluding hydrogens is 362 g/mol. The minimum absolute atomic E-state index is 0.0462. The number of rotatable bonds is 8. The first kappa shape index (κ1) is 20.7. The molecule has 0 bridgehead atoms. The number of carboxylic acid groups (broad SMARTS) is 1. The second kappa shape index (κ2) is 9.92. The summed E-state index contributed by atoms with van der Waals surface area (Å²) in [5.74, 6) is -1.28. The summed E-state index contributed by atoms with van der Waals surface area (Å²) in [4.78, 5) is 35.8. The predicted molar refractivity (Wildman–Crippen MR) is 108 cm³/mol. The molecule has 0 heterocycles. The van der Waals surface area contributed by atoms with Gasteiger partial charge in [0.25, 0.3) is 0 Å². The first-order valence-corrected chi connectivity index (χ1v) is 9.74. The molecule has 0 radical (unpaired) electrons. The molecule has 0 aliphatic carbocycles. The monoisotopic (exact) mass is 385 g/mol. The van der Waals surface area contributed by atoms with Crippen LogP contribution in [0.3, 0.4) is 0 Å². The molecule has 6 heteroatoms. The molecule has 0 saturated carbocycles. The van der Waals surface area contributed by atoms with Gasteiger partial charge in [0.2, 0.25) is 5.91 Å². The van der Waals surface area contributed by atoms with Crippen molar-refractivity contribution < 1.29 is 19.5 Å². The van der Waals surface area contributed by atoms with Crippen LogP contribution in [0.2, 0.25) is 0 Å². The van der Waals surface area contributed by atoms with Crippen LogP contribution in [0.15, 0.2) is 48.5 Å². The average Bonchev–Trinajstić information content (AvgIpc) is 2.66. The van der Waals surface area contributed by atoms with Crippen LogP contribution in [-0.4, -0.2) is 27.9 Å². The maximum atomic E-state index is 12.9. The Balaban J connectivity index is 2.18. The van der Waals surface area contributed by atoms with E-state index in [-0.39, 0.29) is 16.6 Å². The lowest BCUT2D eigenvalue weighted by Crippen LogP contribution is -2.27. The van der Waals surface area contributed by atoms with Crippen LogP contribution in [0.4, 0.5) is 5.69 Å². The number of hydrogen-bond donors (Lipinski definition) is 2. The highest BCUT2D eigenvalue weighted by Gasteiger charge is 2.22. The summed E-state index contributed by atoms with van der Waals surface area (Å²) in [5.41, 5.74) is 2.15. The maximum absolute atomic E-state index is 12.9. The number of thioether (sulfide) groups is 1. The van der Waals surface area contributed by atoms with E-state index in [1.54, 1.807) is 26.0 Å². The summed E-state index contributed by atoms with van der Waals surface area (Å²) in [7, 11) is 0. The highest BCUT2D eigenvalue weighted by atomic mass is 32.2. The summed E-state index contributed by atoms with van der Waals surface area (Å²) >= 11 is 1.16. The van der Waals surface area contributed by atoms with E-state index in [4.69, 9.17) is 0 Å². The smallest absolute Gasteiger partial charge is 0.336 e. The van der Waals surface area contributed by atoms with Crippen molar-refractivity contribution in [3.63, 3.8) is 0 Å². The van der Waals surface area contributed by atoms with Crippen molar-refractivity contribution in [2.45, 2.75) is 26.7 Å². The molecule has 2 N–H and O–H groups in total. The number of carbonyl (C=O) groups excluding carboxylic acids is 2. The summed E-state index contributed by atoms with van der Waals surface area (Å²) in [6.07, 6.45) is 0.929. The standard InChI is InChI=1S/C21H23NO4S/c1-3-19(23)27-13-16(12-15-8-5-4-6-9-15)20(24)22-18-11-7-10-17(14(18)2)21(25)26/h4-11,16H,3,12-13H2,1-2H3,(H,22,24)(H,25,26). The van der Waals surface area contributed by atoms with Crippen molar-refractivity contribution in [2.24, 2.45) is 5.92 Å². The van der Waals surface area contributed by atoms with E-state index in [0.29, 0.717) is 29.8 Å². The Labute approximate surface area is 163 Å². The Hall–Kier alpha value is -2.60. The largest absolute Gasteiger partial charge is 0.478 e. The van der Waals surface area contributed by atoms with Crippen LogP contribution in [0.5, 0.6) is 0 Å². The molecule has 27 heavy (non-hydrogen) atoms. The van der Waals surface area contributed by atoms with Gasteiger partial charge >= 0.3 is 5.97 Å². The predicted octanol–water partition coefficient (Wildman–Crippen LogP) is 4.16. The van der Waals surface area contributed by atoms with Gasteiger partial charge in [-0.05, 0) is 36.6 Å². The minimum atomic E-state index is -1.03. The number of aromatic carboxylic acids is 1. The molecule has 1 atom stereocenters. The topological polar surface area (TPSA) is 83.5 Å². The van der Waals surface area contributed by atoms with Gasteiger partial charge in [-0.15, -0.1) is 0 Å². The van der Waals surface area contributed by atoms with Crippen molar-refractivity contribution in [1.82, 2.24) is 0 Å². The lowest BCUT2D eigenvalue weighted by Gasteiger charge is -2.18. The number of hydrogen-bond acceptors (Lipinski definition) is 4. The molecule has 5 nitrogen and oxygen atoms in total. The molecule has 2 rings (SSSR count). The number of anilines is 1. The van der Waals surface area contributed by atoms with Gasteiger partial charge in [0.15, 0.2) is 5.12 Å². The third-order valence-corrected chi connectivity index (χ3v) is 5.43. The van der Waals surface area contributed by atoms with Gasteiger partial charge in [-0.1, -0.05) is 55.1 Å². The molecule has 142 valence electrons. The zero-order chi connectivity index (χ0) is 19.8. The molecule has 1 unspecified atom stereocenters. The van der Waals surface area contributed by atoms with Crippen LogP contribution in [0, 0.1) is 12.8 Å². The molecule has 1 amide bonds. The van der Waals surface area contributed by atoms with Crippen molar-refractivity contribution >= 4 is 34.4 Å². The Morgan fingerprint density at radius 3 is 2.41 bits per heavy atom. The van der Waals surface area contributed by atoms with E-state index < -0.39 is 11.9 Å². The van der Waals surface area contributed by atoms with Crippen molar-refractivity contribution in [3.8, 4) is 0 Å². The number of benzene rings is 2. The van der Waals surface area contributed by atoms with E-state index in [1.165, 1.54) is 6.07 Å². The number of nitrogens with one attached hydrogen (secondary N) is 1. The Bertz CT molecular complexity index is 820. The van der Waals surface area contributed by atoms with E-state index in [9.17, 15) is 19.5 Å². The van der Waals surface area contributed by atoms with E-state index in [2.05, 4.69) is 5.32 Å². The molecule has 0 saturated heterocycles. The summed E-state index contributed by atoms with van der Waals surface area (Å²) < 4.78 is 0. The quantitative estimate of drug-likeness (QED) is 0.713. The van der Waals surface area contributed by atoms with Crippen molar-refractivity contribution in [1.29, 1.82) is 0 Å². The fourth-order valence-electron chi connectivity index (χ4n) is 2.66. The van der Waals surface area contributed by atoms with E-state index in [1.807, 2.05) is 30.3 Å². The van der Waals surface area contributed by atoms with Gasteiger partial charge in [-0.25, -0.2) is 4.79 Å². The van der Waals surface area contributed by atoms with Gasteiger partial charge in [-0.3, -0.25) is 9.59 Å². The molecular formula is C21H23NO4S. The summed E-state index contributed by atoms with van der Waals surface area (Å²) in [6, 6.07) is 14.4. The van der Waals surface area contributed by atoms with Crippen LogP contribution < -0.4 is 5.32 Å². The summed E-state index contributed by atoms with van der Waals surface area (Å²) in [5, 5.41) is 12.1. The van der Waals surface area contributed by atoms with E-state index >= 15 is 0 Å². The SMILES string of the molecule is CCC(=O)SCC(Cc1ccccc1)C(=O)Nc1cccc(C(=O)O)c1C. The lowest BCUT2D eigenvalue weighted by atomic mass is 9.99. The number of carbonyl (C=O) groups is 3. The van der Waals surface area contributed by atoms with Gasteiger partial charge < -0.3 is 10.4 Å². The number of carboxylic acids is 1. The zero-order valence-electron chi connectivity index (χ0n) is 15.4. The third-order valence-electron chi connectivity index (χ3n) is 4.25. The fourth-order valence-corrected chi connectivity index (χ4v) is 3.52.